The van der Waals surface area contributed by atoms with Gasteiger partial charge in [-0.3, -0.25) is 14.2 Å². The minimum absolute atomic E-state index is 0.0210. The first-order valence-electron chi connectivity index (χ1n) is 11.4. The highest BCUT2D eigenvalue weighted by Crippen LogP contribution is 2.52. The van der Waals surface area contributed by atoms with E-state index in [9.17, 15) is 36.6 Å². The van der Waals surface area contributed by atoms with Crippen molar-refractivity contribution in [3.63, 3.8) is 0 Å². The number of fused-ring (bicyclic) bond motifs is 3. The van der Waals surface area contributed by atoms with Crippen LogP contribution in [0, 0.1) is 13.8 Å². The number of hydrogen-bond acceptors (Lipinski definition) is 6. The average molecular weight is 523 g/mol. The van der Waals surface area contributed by atoms with Gasteiger partial charge in [0.1, 0.15) is 34.8 Å². The standard InChI is InChI=1S/C24H22F5N5O3/c1-12-4-3-5-14-16(12)18(31-11-30-14)32-15-10-13(2)17-19(35)33-22(34(17)20(15)36)8-6-21(37,7-9-22)23(25,26)24(27,28)29/h3-5,10-11,37H,6-9H2,1-2H3,(H,33,35)(H,30,31,32)/t21-,22+. The van der Waals surface area contributed by atoms with Crippen LogP contribution in [0.2, 0.25) is 0 Å². The van der Waals surface area contributed by atoms with Gasteiger partial charge in [0.15, 0.2) is 0 Å². The molecule has 196 valence electrons. The summed E-state index contributed by atoms with van der Waals surface area (Å²) in [6, 6.07) is 6.88. The molecule has 0 atom stereocenters. The van der Waals surface area contributed by atoms with Crippen LogP contribution in [0.3, 0.4) is 0 Å². The first-order chi connectivity index (χ1) is 17.2. The van der Waals surface area contributed by atoms with E-state index in [2.05, 4.69) is 20.6 Å². The minimum atomic E-state index is -5.95. The number of carbonyl (C=O) groups excluding carboxylic acids is 1. The Balaban J connectivity index is 1.57. The molecule has 8 nitrogen and oxygen atoms in total. The Bertz CT molecular complexity index is 1490. The molecule has 3 N–H and O–H groups in total. The van der Waals surface area contributed by atoms with Crippen LogP contribution < -0.4 is 16.2 Å². The fourth-order valence-electron chi connectivity index (χ4n) is 5.36. The lowest BCUT2D eigenvalue weighted by molar-refractivity contribution is -0.349. The molecule has 1 amide bonds. The zero-order valence-electron chi connectivity index (χ0n) is 19.7. The lowest BCUT2D eigenvalue weighted by Gasteiger charge is -2.45. The summed E-state index contributed by atoms with van der Waals surface area (Å²) in [7, 11) is 0. The van der Waals surface area contributed by atoms with Gasteiger partial charge in [0.05, 0.1) is 5.52 Å². The molecule has 3 heterocycles. The monoisotopic (exact) mass is 523 g/mol. The number of hydrogen-bond donors (Lipinski definition) is 3. The molecule has 2 aromatic heterocycles. The number of aryl methyl sites for hydroxylation is 2. The second-order valence-electron chi connectivity index (χ2n) is 9.64. The van der Waals surface area contributed by atoms with Crippen molar-refractivity contribution in [2.75, 3.05) is 5.32 Å². The molecule has 1 fully saturated rings. The highest BCUT2D eigenvalue weighted by Gasteiger charge is 2.71. The summed E-state index contributed by atoms with van der Waals surface area (Å²) in [5.74, 6) is -5.68. The molecule has 0 unspecified atom stereocenters. The van der Waals surface area contributed by atoms with Crippen LogP contribution in [0.15, 0.2) is 35.4 Å². The Morgan fingerprint density at radius 1 is 1.03 bits per heavy atom. The van der Waals surface area contributed by atoms with Gasteiger partial charge in [-0.15, -0.1) is 0 Å². The molecule has 13 heteroatoms. The van der Waals surface area contributed by atoms with E-state index < -0.39 is 60.5 Å². The SMILES string of the molecule is Cc1cc(Nc2ncnc3cccc(C)c23)c(=O)n2c1C(=O)N[C@]21CC[C@@](O)(C(F)(F)C(F)(F)F)CC1. The summed E-state index contributed by atoms with van der Waals surface area (Å²) in [4.78, 5) is 34.9. The van der Waals surface area contributed by atoms with E-state index in [1.807, 2.05) is 19.1 Å². The quantitative estimate of drug-likeness (QED) is 0.447. The van der Waals surface area contributed by atoms with Crippen LogP contribution in [0.4, 0.5) is 33.5 Å². The van der Waals surface area contributed by atoms with Crippen LogP contribution in [0.1, 0.15) is 47.3 Å². The van der Waals surface area contributed by atoms with E-state index >= 15 is 0 Å². The van der Waals surface area contributed by atoms with Crippen molar-refractivity contribution in [2.45, 2.75) is 62.9 Å². The topological polar surface area (TPSA) is 109 Å². The van der Waals surface area contributed by atoms with Crippen molar-refractivity contribution < 1.29 is 31.9 Å². The second-order valence-corrected chi connectivity index (χ2v) is 9.64. The highest BCUT2D eigenvalue weighted by molar-refractivity contribution is 5.97. The van der Waals surface area contributed by atoms with Gasteiger partial charge in [-0.05, 0) is 62.8 Å². The highest BCUT2D eigenvalue weighted by atomic mass is 19.4. The van der Waals surface area contributed by atoms with E-state index in [0.717, 1.165) is 10.1 Å². The number of carbonyl (C=O) groups is 1. The van der Waals surface area contributed by atoms with Crippen molar-refractivity contribution in [1.82, 2.24) is 19.9 Å². The van der Waals surface area contributed by atoms with Gasteiger partial charge in [-0.2, -0.15) is 22.0 Å². The third-order valence-electron chi connectivity index (χ3n) is 7.35. The number of rotatable bonds is 3. The molecule has 1 aliphatic carbocycles. The molecule has 1 aliphatic heterocycles. The summed E-state index contributed by atoms with van der Waals surface area (Å²) < 4.78 is 68.3. The maximum atomic E-state index is 14.1. The van der Waals surface area contributed by atoms with E-state index in [0.29, 0.717) is 22.3 Å². The number of alkyl halides is 5. The molecule has 0 saturated heterocycles. The lowest BCUT2D eigenvalue weighted by Crippen LogP contribution is -2.62. The van der Waals surface area contributed by atoms with Crippen molar-refractivity contribution in [1.29, 1.82) is 0 Å². The van der Waals surface area contributed by atoms with Crippen molar-refractivity contribution in [2.24, 2.45) is 0 Å². The first kappa shape index (κ1) is 25.1. The van der Waals surface area contributed by atoms with Gasteiger partial charge >= 0.3 is 12.1 Å². The van der Waals surface area contributed by atoms with Crippen LogP contribution in [-0.4, -0.2) is 43.2 Å². The van der Waals surface area contributed by atoms with Crippen LogP contribution in [0.5, 0.6) is 0 Å². The Labute approximate surface area is 206 Å². The minimum Gasteiger partial charge on any atom is -0.383 e. The number of nitrogens with zero attached hydrogens (tertiary/aromatic N) is 3. The number of aromatic nitrogens is 3. The number of benzene rings is 1. The lowest BCUT2D eigenvalue weighted by atomic mass is 9.74. The van der Waals surface area contributed by atoms with Crippen LogP contribution in [-0.2, 0) is 5.66 Å². The average Bonchev–Trinajstić information content (AvgIpc) is 3.11. The third-order valence-corrected chi connectivity index (χ3v) is 7.35. The molecule has 3 aromatic rings. The predicted molar refractivity (Wildman–Crippen MR) is 123 cm³/mol. The summed E-state index contributed by atoms with van der Waals surface area (Å²) in [6.07, 6.45) is -7.63. The summed E-state index contributed by atoms with van der Waals surface area (Å²) >= 11 is 0. The maximum absolute atomic E-state index is 14.1. The molecule has 37 heavy (non-hydrogen) atoms. The summed E-state index contributed by atoms with van der Waals surface area (Å²) in [6.45, 7) is 3.42. The van der Waals surface area contributed by atoms with Gasteiger partial charge in [0.25, 0.3) is 11.5 Å². The van der Waals surface area contributed by atoms with Crippen molar-refractivity contribution in [3.8, 4) is 0 Å². The normalized spacial score (nSPS) is 23.8. The van der Waals surface area contributed by atoms with E-state index in [4.69, 9.17) is 0 Å². The third kappa shape index (κ3) is 3.58. The zero-order chi connectivity index (χ0) is 27.0. The molecule has 0 bridgehead atoms. The first-order valence-corrected chi connectivity index (χ1v) is 11.4. The molecular weight excluding hydrogens is 501 g/mol. The fraction of sp³-hybridized carbons (Fsp3) is 0.417. The molecule has 1 saturated carbocycles. The summed E-state index contributed by atoms with van der Waals surface area (Å²) in [5.41, 5.74) is -3.76. The largest absolute Gasteiger partial charge is 0.456 e. The summed E-state index contributed by atoms with van der Waals surface area (Å²) in [5, 5.41) is 16.5. The molecule has 5 rings (SSSR count). The predicted octanol–water partition coefficient (Wildman–Crippen LogP) is 4.05. The number of pyridine rings is 1. The van der Waals surface area contributed by atoms with Crippen LogP contribution in [0.25, 0.3) is 10.9 Å². The van der Waals surface area contributed by atoms with Crippen molar-refractivity contribution >= 4 is 28.3 Å². The maximum Gasteiger partial charge on any atom is 0.456 e. The Morgan fingerprint density at radius 3 is 2.35 bits per heavy atom. The Kier molecular flexibility index (Phi) is 5.38. The number of amides is 1. The smallest absolute Gasteiger partial charge is 0.383 e. The Morgan fingerprint density at radius 2 is 1.70 bits per heavy atom. The van der Waals surface area contributed by atoms with Gasteiger partial charge in [0.2, 0.25) is 0 Å². The number of anilines is 2. The Hall–Kier alpha value is -3.61. The van der Waals surface area contributed by atoms with E-state index in [1.165, 1.54) is 12.4 Å². The number of aliphatic hydroxyl groups is 1. The molecule has 2 aliphatic rings. The molecular formula is C24H22F5N5O3. The van der Waals surface area contributed by atoms with Crippen molar-refractivity contribution in [3.05, 3.63) is 57.8 Å². The van der Waals surface area contributed by atoms with Gasteiger partial charge in [0, 0.05) is 5.39 Å². The van der Waals surface area contributed by atoms with Gasteiger partial charge in [-0.25, -0.2) is 9.97 Å². The molecule has 1 aromatic carbocycles. The second kappa shape index (κ2) is 7.94. The van der Waals surface area contributed by atoms with E-state index in [1.54, 1.807) is 13.0 Å². The zero-order valence-corrected chi connectivity index (χ0v) is 19.7. The molecule has 1 spiro atoms. The van der Waals surface area contributed by atoms with Gasteiger partial charge in [-0.1, -0.05) is 12.1 Å². The van der Waals surface area contributed by atoms with Gasteiger partial charge < -0.3 is 15.7 Å². The molecule has 0 radical (unpaired) electrons. The van der Waals surface area contributed by atoms with Crippen LogP contribution >= 0.6 is 0 Å². The fourth-order valence-corrected chi connectivity index (χ4v) is 5.36. The number of nitrogens with one attached hydrogen (secondary N) is 2. The number of halogens is 5. The van der Waals surface area contributed by atoms with E-state index in [-0.39, 0.29) is 11.4 Å².